The Kier molecular flexibility index (Phi) is 3.91. The molecular formula is C9H13N4O6P. The Morgan fingerprint density at radius 1 is 1.35 bits per heavy atom. The van der Waals surface area contributed by atoms with Gasteiger partial charge in [-0.3, -0.25) is 19.3 Å². The number of rotatable bonds is 5. The van der Waals surface area contributed by atoms with Gasteiger partial charge in [-0.25, -0.2) is 9.78 Å². The van der Waals surface area contributed by atoms with E-state index in [-0.39, 0.29) is 24.1 Å². The van der Waals surface area contributed by atoms with Crippen LogP contribution in [-0.4, -0.2) is 46.7 Å². The van der Waals surface area contributed by atoms with E-state index in [1.165, 1.54) is 10.9 Å². The molecule has 5 N–H and O–H groups in total. The maximum atomic E-state index is 11.4. The number of aromatic nitrogens is 4. The van der Waals surface area contributed by atoms with E-state index in [0.717, 1.165) is 0 Å². The van der Waals surface area contributed by atoms with E-state index in [1.807, 2.05) is 4.98 Å². The van der Waals surface area contributed by atoms with Crippen LogP contribution < -0.4 is 11.2 Å². The summed E-state index contributed by atoms with van der Waals surface area (Å²) in [5.74, 6) is 0. The molecule has 0 aliphatic heterocycles. The van der Waals surface area contributed by atoms with Crippen LogP contribution >= 0.6 is 7.60 Å². The zero-order valence-corrected chi connectivity index (χ0v) is 11.1. The Morgan fingerprint density at radius 3 is 2.70 bits per heavy atom. The Morgan fingerprint density at radius 2 is 2.05 bits per heavy atom. The second-order valence-electron chi connectivity index (χ2n) is 4.33. The van der Waals surface area contributed by atoms with Gasteiger partial charge in [-0.1, -0.05) is 0 Å². The molecule has 11 heteroatoms. The van der Waals surface area contributed by atoms with E-state index in [0.29, 0.717) is 0 Å². The Labute approximate surface area is 111 Å². The smallest absolute Gasteiger partial charge is 0.327 e. The van der Waals surface area contributed by atoms with Crippen LogP contribution in [-0.2, 0) is 11.1 Å². The number of nitrogens with zero attached hydrogens (tertiary/aromatic N) is 2. The fourth-order valence-corrected chi connectivity index (χ4v) is 2.39. The molecule has 0 spiro atoms. The molecule has 0 aliphatic rings. The normalized spacial score (nSPS) is 13.8. The molecule has 2 aromatic rings. The molecule has 110 valence electrons. The van der Waals surface area contributed by atoms with Crippen LogP contribution in [0.25, 0.3) is 11.2 Å². The monoisotopic (exact) mass is 304 g/mol. The summed E-state index contributed by atoms with van der Waals surface area (Å²) in [6, 6.07) is 0. The highest BCUT2D eigenvalue weighted by Gasteiger charge is 2.17. The Bertz CT molecular complexity index is 771. The van der Waals surface area contributed by atoms with Crippen LogP contribution in [0.4, 0.5) is 0 Å². The number of aliphatic hydroxyl groups is 1. The third-order valence-electron chi connectivity index (χ3n) is 2.67. The van der Waals surface area contributed by atoms with Gasteiger partial charge in [0.15, 0.2) is 5.52 Å². The first-order valence-electron chi connectivity index (χ1n) is 5.66. The molecule has 0 saturated carbocycles. The fraction of sp³-hybridized carbons (Fsp3) is 0.444. The molecular weight excluding hydrogens is 291 g/mol. The van der Waals surface area contributed by atoms with Crippen molar-refractivity contribution in [3.8, 4) is 0 Å². The Hall–Kier alpha value is -1.74. The highest BCUT2D eigenvalue weighted by Crippen LogP contribution is 2.35. The number of imidazole rings is 1. The standard InChI is InChI=1S/C9H13N4O6P/c14-5(1-2-20(17,18)19)3-13-4-10-6-7(13)11-9(16)12-8(6)15/h4-5,14H,1-3H2,(H2,17,18,19)(H2,11,12,15,16)/t5-/m1/s1. The van der Waals surface area contributed by atoms with Gasteiger partial charge in [0.2, 0.25) is 0 Å². The van der Waals surface area contributed by atoms with Crippen molar-refractivity contribution in [3.63, 3.8) is 0 Å². The first-order valence-corrected chi connectivity index (χ1v) is 7.46. The summed E-state index contributed by atoms with van der Waals surface area (Å²) in [6.45, 7) is -0.0457. The maximum absolute atomic E-state index is 11.4. The lowest BCUT2D eigenvalue weighted by Gasteiger charge is -2.12. The molecule has 0 saturated heterocycles. The van der Waals surface area contributed by atoms with Gasteiger partial charge in [0.1, 0.15) is 5.65 Å². The minimum Gasteiger partial charge on any atom is -0.391 e. The average Bonchev–Trinajstić information content (AvgIpc) is 2.69. The van der Waals surface area contributed by atoms with Crippen molar-refractivity contribution in [1.29, 1.82) is 0 Å². The van der Waals surface area contributed by atoms with E-state index in [4.69, 9.17) is 9.79 Å². The van der Waals surface area contributed by atoms with Gasteiger partial charge in [-0.15, -0.1) is 0 Å². The molecule has 10 nitrogen and oxygen atoms in total. The molecule has 2 aromatic heterocycles. The zero-order chi connectivity index (χ0) is 14.9. The number of H-pyrrole nitrogens is 2. The van der Waals surface area contributed by atoms with Gasteiger partial charge in [-0.2, -0.15) is 0 Å². The lowest BCUT2D eigenvalue weighted by atomic mass is 10.3. The molecule has 0 aromatic carbocycles. The van der Waals surface area contributed by atoms with Crippen molar-refractivity contribution in [1.82, 2.24) is 19.5 Å². The third kappa shape index (κ3) is 3.42. The maximum Gasteiger partial charge on any atom is 0.327 e. The molecule has 0 fully saturated rings. The van der Waals surface area contributed by atoms with Crippen LogP contribution in [0.5, 0.6) is 0 Å². The van der Waals surface area contributed by atoms with Crippen molar-refractivity contribution in [2.24, 2.45) is 0 Å². The third-order valence-corrected chi connectivity index (χ3v) is 3.51. The van der Waals surface area contributed by atoms with E-state index in [9.17, 15) is 19.3 Å². The summed E-state index contributed by atoms with van der Waals surface area (Å²) in [7, 11) is -4.17. The summed E-state index contributed by atoms with van der Waals surface area (Å²) < 4.78 is 12.1. The number of aliphatic hydroxyl groups excluding tert-OH is 1. The molecule has 0 radical (unpaired) electrons. The number of hydrogen-bond donors (Lipinski definition) is 5. The number of aromatic amines is 2. The minimum atomic E-state index is -4.17. The first kappa shape index (κ1) is 14.7. The highest BCUT2D eigenvalue weighted by molar-refractivity contribution is 7.51. The van der Waals surface area contributed by atoms with Crippen molar-refractivity contribution < 1.29 is 19.5 Å². The second-order valence-corrected chi connectivity index (χ2v) is 6.11. The van der Waals surface area contributed by atoms with E-state index < -0.39 is 31.1 Å². The van der Waals surface area contributed by atoms with Crippen LogP contribution in [0.1, 0.15) is 6.42 Å². The van der Waals surface area contributed by atoms with E-state index in [2.05, 4.69) is 9.97 Å². The largest absolute Gasteiger partial charge is 0.391 e. The van der Waals surface area contributed by atoms with Crippen molar-refractivity contribution >= 4 is 18.8 Å². The van der Waals surface area contributed by atoms with Crippen molar-refractivity contribution in [2.75, 3.05) is 6.16 Å². The SMILES string of the molecule is O=c1[nH]c(=O)c2ncn(C[C@H](O)CCP(=O)(O)O)c2[nH]1. The van der Waals surface area contributed by atoms with Gasteiger partial charge < -0.3 is 19.5 Å². The number of hydrogen-bond acceptors (Lipinski definition) is 5. The summed E-state index contributed by atoms with van der Waals surface area (Å²) >= 11 is 0. The van der Waals surface area contributed by atoms with Crippen molar-refractivity contribution in [2.45, 2.75) is 19.1 Å². The lowest BCUT2D eigenvalue weighted by molar-refractivity contribution is 0.149. The van der Waals surface area contributed by atoms with Crippen LogP contribution in [0.3, 0.4) is 0 Å². The van der Waals surface area contributed by atoms with E-state index in [1.54, 1.807) is 0 Å². The molecule has 20 heavy (non-hydrogen) atoms. The van der Waals surface area contributed by atoms with E-state index >= 15 is 0 Å². The average molecular weight is 304 g/mol. The Balaban J connectivity index is 2.20. The number of nitrogens with one attached hydrogen (secondary N) is 2. The number of fused-ring (bicyclic) bond motifs is 1. The van der Waals surface area contributed by atoms with Gasteiger partial charge in [-0.05, 0) is 6.42 Å². The van der Waals surface area contributed by atoms with Crippen LogP contribution in [0.15, 0.2) is 15.9 Å². The molecule has 0 unspecified atom stereocenters. The minimum absolute atomic E-state index is 0.0202. The summed E-state index contributed by atoms with van der Waals surface area (Å²) in [5, 5.41) is 9.71. The van der Waals surface area contributed by atoms with Crippen molar-refractivity contribution in [3.05, 3.63) is 27.2 Å². The topological polar surface area (TPSA) is 161 Å². The van der Waals surface area contributed by atoms with Gasteiger partial charge >= 0.3 is 13.3 Å². The first-order chi connectivity index (χ1) is 9.26. The molecule has 1 atom stereocenters. The lowest BCUT2D eigenvalue weighted by Crippen LogP contribution is -2.24. The van der Waals surface area contributed by atoms with Gasteiger partial charge in [0.05, 0.1) is 25.1 Å². The highest BCUT2D eigenvalue weighted by atomic mass is 31.2. The fourth-order valence-electron chi connectivity index (χ4n) is 1.75. The predicted molar refractivity (Wildman–Crippen MR) is 68.5 cm³/mol. The second kappa shape index (κ2) is 5.33. The summed E-state index contributed by atoms with van der Waals surface area (Å²) in [6.07, 6.45) is -0.339. The van der Waals surface area contributed by atoms with Crippen LogP contribution in [0, 0.1) is 0 Å². The zero-order valence-electron chi connectivity index (χ0n) is 10.2. The van der Waals surface area contributed by atoms with Gasteiger partial charge in [0.25, 0.3) is 5.56 Å². The molecule has 0 bridgehead atoms. The summed E-state index contributed by atoms with van der Waals surface area (Å²) in [5.41, 5.74) is -1.18. The molecule has 2 rings (SSSR count). The molecule has 0 aliphatic carbocycles. The quantitative estimate of drug-likeness (QED) is 0.413. The molecule has 0 amide bonds. The van der Waals surface area contributed by atoms with Gasteiger partial charge in [0, 0.05) is 0 Å². The summed E-state index contributed by atoms with van der Waals surface area (Å²) in [4.78, 5) is 48.3. The molecule has 2 heterocycles. The predicted octanol–water partition coefficient (Wildman–Crippen LogP) is -1.66. The van der Waals surface area contributed by atoms with Crippen LogP contribution in [0.2, 0.25) is 0 Å².